The van der Waals surface area contributed by atoms with Crippen LogP contribution in [0.25, 0.3) is 10.4 Å². The zero-order chi connectivity index (χ0) is 30.0. The zero-order valence-corrected chi connectivity index (χ0v) is 24.4. The van der Waals surface area contributed by atoms with Crippen LogP contribution < -0.4 is 10.1 Å². The number of aliphatic hydroxyl groups is 3. The van der Waals surface area contributed by atoms with Crippen LogP contribution in [0.1, 0.15) is 34.8 Å². The first kappa shape index (κ1) is 31.0. The van der Waals surface area contributed by atoms with Gasteiger partial charge in [-0.25, -0.2) is 4.99 Å². The number of rotatable bonds is 14. The molecule has 11 nitrogen and oxygen atoms in total. The fourth-order valence-corrected chi connectivity index (χ4v) is 5.12. The summed E-state index contributed by atoms with van der Waals surface area (Å²) >= 11 is 3.59. The second kappa shape index (κ2) is 14.8. The molecule has 1 aliphatic heterocycles. The summed E-state index contributed by atoms with van der Waals surface area (Å²) < 4.78 is 13.0. The average molecular weight is 639 g/mol. The molecule has 0 saturated heterocycles. The highest BCUT2D eigenvalue weighted by atomic mass is 79.9. The molecular weight excluding hydrogens is 606 g/mol. The summed E-state index contributed by atoms with van der Waals surface area (Å²) in [5, 5.41) is 35.1. The molecule has 4 N–H and O–H groups in total. The van der Waals surface area contributed by atoms with Gasteiger partial charge in [0.15, 0.2) is 11.6 Å². The Hall–Kier alpha value is -3.93. The minimum Gasteiger partial charge on any atom is -0.494 e. The van der Waals surface area contributed by atoms with Crippen molar-refractivity contribution >= 4 is 27.7 Å². The van der Waals surface area contributed by atoms with Gasteiger partial charge >= 0.3 is 0 Å². The van der Waals surface area contributed by atoms with Crippen LogP contribution in [-0.4, -0.2) is 65.1 Å². The van der Waals surface area contributed by atoms with Gasteiger partial charge in [0.05, 0.1) is 32.4 Å². The van der Waals surface area contributed by atoms with Crippen LogP contribution in [0, 0.1) is 0 Å². The van der Waals surface area contributed by atoms with Crippen molar-refractivity contribution in [2.24, 2.45) is 10.1 Å². The lowest BCUT2D eigenvalue weighted by atomic mass is 9.80. The lowest BCUT2D eigenvalue weighted by Crippen LogP contribution is -2.54. The lowest BCUT2D eigenvalue weighted by Gasteiger charge is -2.33. The predicted molar refractivity (Wildman–Crippen MR) is 160 cm³/mol. The van der Waals surface area contributed by atoms with Crippen LogP contribution in [-0.2, 0) is 22.5 Å². The van der Waals surface area contributed by atoms with Crippen LogP contribution in [0.3, 0.4) is 0 Å². The van der Waals surface area contributed by atoms with Crippen molar-refractivity contribution in [3.8, 4) is 5.75 Å². The molecule has 0 bridgehead atoms. The zero-order valence-electron chi connectivity index (χ0n) is 22.8. The number of aliphatic imine (C=N–C) groups is 1. The number of hydrogen-bond donors (Lipinski definition) is 4. The van der Waals surface area contributed by atoms with Crippen molar-refractivity contribution in [1.82, 2.24) is 5.32 Å². The Morgan fingerprint density at radius 1 is 1.07 bits per heavy atom. The molecule has 1 heterocycles. The molecular formula is C30H32BrN5O6. The van der Waals surface area contributed by atoms with E-state index in [9.17, 15) is 15.0 Å². The number of nitrogens with one attached hydrogen (secondary N) is 1. The summed E-state index contributed by atoms with van der Waals surface area (Å²) in [6.07, 6.45) is -0.344. The van der Waals surface area contributed by atoms with E-state index in [1.165, 1.54) is 0 Å². The van der Waals surface area contributed by atoms with E-state index in [0.29, 0.717) is 35.5 Å². The van der Waals surface area contributed by atoms with E-state index in [2.05, 4.69) is 31.3 Å². The molecule has 0 radical (unpaired) electrons. The van der Waals surface area contributed by atoms with Crippen molar-refractivity contribution in [2.75, 3.05) is 26.4 Å². The highest BCUT2D eigenvalue weighted by Gasteiger charge is 2.54. The first-order valence-corrected chi connectivity index (χ1v) is 14.2. The van der Waals surface area contributed by atoms with Crippen LogP contribution in [0.2, 0.25) is 0 Å². The van der Waals surface area contributed by atoms with Gasteiger partial charge in [0.1, 0.15) is 5.75 Å². The monoisotopic (exact) mass is 637 g/mol. The summed E-state index contributed by atoms with van der Waals surface area (Å²) in [7, 11) is 0. The molecule has 12 heteroatoms. The predicted octanol–water partition coefficient (Wildman–Crippen LogP) is 3.99. The molecule has 1 aliphatic rings. The molecule has 0 spiro atoms. The number of benzene rings is 3. The maximum absolute atomic E-state index is 14.2. The number of hydrogen-bond acceptors (Lipinski definition) is 8. The maximum Gasteiger partial charge on any atom is 0.253 e. The van der Waals surface area contributed by atoms with Gasteiger partial charge in [-0.15, -0.1) is 0 Å². The minimum absolute atomic E-state index is 0.0281. The largest absolute Gasteiger partial charge is 0.494 e. The molecule has 4 rings (SSSR count). The molecule has 220 valence electrons. The number of nitrogens with zero attached hydrogens (tertiary/aromatic N) is 4. The van der Waals surface area contributed by atoms with E-state index >= 15 is 0 Å². The summed E-state index contributed by atoms with van der Waals surface area (Å²) in [6, 6.07) is 20.8. The number of carbonyl (C=O) groups excluding carboxylic acids is 1. The van der Waals surface area contributed by atoms with E-state index in [1.807, 2.05) is 24.3 Å². The third kappa shape index (κ3) is 7.10. The summed E-state index contributed by atoms with van der Waals surface area (Å²) in [4.78, 5) is 22.1. The van der Waals surface area contributed by atoms with Gasteiger partial charge in [-0.2, -0.15) is 0 Å². The fraction of sp³-hybridized carbons (Fsp3) is 0.333. The molecule has 0 aliphatic carbocycles. The second-order valence-electron chi connectivity index (χ2n) is 9.68. The quantitative estimate of drug-likeness (QED) is 0.0901. The third-order valence-electron chi connectivity index (χ3n) is 6.87. The number of azide groups is 1. The Labute approximate surface area is 251 Å². The van der Waals surface area contributed by atoms with Gasteiger partial charge < -0.3 is 30.1 Å². The van der Waals surface area contributed by atoms with Crippen LogP contribution in [0.4, 0.5) is 0 Å². The first-order valence-electron chi connectivity index (χ1n) is 13.4. The Balaban J connectivity index is 1.86. The molecule has 2 atom stereocenters. The average Bonchev–Trinajstić information content (AvgIpc) is 3.40. The summed E-state index contributed by atoms with van der Waals surface area (Å²) in [5.74, 6) is 0.272. The first-order chi connectivity index (χ1) is 20.4. The van der Waals surface area contributed by atoms with Gasteiger partial charge in [0.25, 0.3) is 5.91 Å². The van der Waals surface area contributed by atoms with Crippen molar-refractivity contribution < 1.29 is 29.6 Å². The number of ether oxygens (including phenoxy) is 2. The van der Waals surface area contributed by atoms with E-state index in [0.717, 1.165) is 10.0 Å². The Morgan fingerprint density at radius 3 is 2.43 bits per heavy atom. The molecule has 3 aromatic rings. The lowest BCUT2D eigenvalue weighted by molar-refractivity contribution is -0.130. The standard InChI is InChI=1S/C30H32BrN5O6/c31-26-9-4-2-6-21(26)16-30(29(40)34-23(18-38)19-39)27(25-8-3-1-7-22(25)17-33-36-32)42-28(35-30)20-10-12-24(13-11-20)41-15-5-14-37/h1-4,6-13,23,27,37-39H,5,14-19H2,(H,34,40)/t27-,30-/m1/s1. The van der Waals surface area contributed by atoms with Gasteiger partial charge in [0.2, 0.25) is 5.90 Å². The Bertz CT molecular complexity index is 1440. The number of aliphatic hydroxyl groups excluding tert-OH is 3. The topological polar surface area (TPSA) is 169 Å². The minimum atomic E-state index is -1.58. The molecule has 3 aromatic carbocycles. The molecule has 0 unspecified atom stereocenters. The highest BCUT2D eigenvalue weighted by Crippen LogP contribution is 2.44. The second-order valence-corrected chi connectivity index (χ2v) is 10.5. The highest BCUT2D eigenvalue weighted by molar-refractivity contribution is 9.10. The molecule has 42 heavy (non-hydrogen) atoms. The molecule has 0 fully saturated rings. The van der Waals surface area contributed by atoms with Crippen LogP contribution in [0.15, 0.2) is 87.4 Å². The van der Waals surface area contributed by atoms with E-state index in [4.69, 9.17) is 25.1 Å². The van der Waals surface area contributed by atoms with E-state index in [1.54, 1.807) is 48.5 Å². The SMILES string of the molecule is [N-]=[N+]=NCc1ccccc1[C@H]1OC(c2ccc(OCCCO)cc2)=N[C@@]1(Cc1ccccc1Br)C(=O)NC(CO)CO. The summed E-state index contributed by atoms with van der Waals surface area (Å²) in [6.45, 7) is -0.518. The number of halogens is 1. The van der Waals surface area contributed by atoms with Crippen LogP contribution >= 0.6 is 15.9 Å². The Kier molecular flexibility index (Phi) is 10.9. The van der Waals surface area contributed by atoms with Crippen molar-refractivity contribution in [3.05, 3.63) is 110 Å². The smallest absolute Gasteiger partial charge is 0.253 e. The van der Waals surface area contributed by atoms with E-state index < -0.39 is 36.8 Å². The van der Waals surface area contributed by atoms with Crippen molar-refractivity contribution in [3.63, 3.8) is 0 Å². The maximum atomic E-state index is 14.2. The van der Waals surface area contributed by atoms with Crippen molar-refractivity contribution in [1.29, 1.82) is 0 Å². The van der Waals surface area contributed by atoms with Crippen LogP contribution in [0.5, 0.6) is 5.75 Å². The van der Waals surface area contributed by atoms with E-state index in [-0.39, 0.29) is 25.5 Å². The number of amides is 1. The van der Waals surface area contributed by atoms with Gasteiger partial charge in [-0.1, -0.05) is 63.5 Å². The van der Waals surface area contributed by atoms with Gasteiger partial charge in [0, 0.05) is 34.4 Å². The summed E-state index contributed by atoms with van der Waals surface area (Å²) in [5.41, 5.74) is 10.1. The fourth-order valence-electron chi connectivity index (χ4n) is 4.69. The molecule has 0 saturated carbocycles. The Morgan fingerprint density at radius 2 is 1.76 bits per heavy atom. The molecule has 1 amide bonds. The van der Waals surface area contributed by atoms with Crippen molar-refractivity contribution in [2.45, 2.75) is 37.1 Å². The molecule has 0 aromatic heterocycles. The van der Waals surface area contributed by atoms with Gasteiger partial charge in [-0.3, -0.25) is 4.79 Å². The number of carbonyl (C=O) groups is 1. The third-order valence-corrected chi connectivity index (χ3v) is 7.64. The normalized spacial score (nSPS) is 17.7. The van der Waals surface area contributed by atoms with Gasteiger partial charge in [-0.05, 0) is 52.6 Å².